The number of hydrogen-bond acceptors (Lipinski definition) is 1. The van der Waals surface area contributed by atoms with Crippen LogP contribution in [0, 0.1) is 0 Å². The second-order valence-electron chi connectivity index (χ2n) is 3.74. The summed E-state index contributed by atoms with van der Waals surface area (Å²) in [6.07, 6.45) is 5.20. The molecule has 2 atom stereocenters. The fourth-order valence-electron chi connectivity index (χ4n) is 1.46. The normalized spacial score (nSPS) is 16.5. The summed E-state index contributed by atoms with van der Waals surface area (Å²) in [5.41, 5.74) is 0.398. The van der Waals surface area contributed by atoms with E-state index in [9.17, 15) is 0 Å². The van der Waals surface area contributed by atoms with Crippen LogP contribution in [0.4, 0.5) is 0 Å². The minimum Gasteiger partial charge on any atom is -0.282 e. The van der Waals surface area contributed by atoms with Crippen LogP contribution in [0.2, 0.25) is 0 Å². The average Bonchev–Trinajstić information content (AvgIpc) is 2.12. The van der Waals surface area contributed by atoms with Gasteiger partial charge in [-0.15, -0.1) is 0 Å². The van der Waals surface area contributed by atoms with E-state index in [2.05, 4.69) is 41.8 Å². The molecule has 2 heteroatoms. The van der Waals surface area contributed by atoms with Gasteiger partial charge in [0.05, 0.1) is 0 Å². The van der Waals surface area contributed by atoms with E-state index in [1.54, 1.807) is 0 Å². The van der Waals surface area contributed by atoms with E-state index < -0.39 is 0 Å². The van der Waals surface area contributed by atoms with Crippen molar-refractivity contribution in [3.8, 4) is 0 Å². The van der Waals surface area contributed by atoms with E-state index in [0.29, 0.717) is 5.54 Å². The van der Waals surface area contributed by atoms with Crippen LogP contribution in [0.25, 0.3) is 0 Å². The van der Waals surface area contributed by atoms with Gasteiger partial charge in [0.2, 0.25) is 0 Å². The van der Waals surface area contributed by atoms with Gasteiger partial charge < -0.3 is 0 Å². The molecule has 12 heavy (non-hydrogen) atoms. The average molecular weight is 189 g/mol. The molecule has 0 spiro atoms. The monoisotopic (exact) mass is 189 g/mol. The van der Waals surface area contributed by atoms with Gasteiger partial charge in [-0.3, -0.25) is 4.67 Å². The van der Waals surface area contributed by atoms with E-state index in [1.165, 1.54) is 25.7 Å². The Hall–Kier alpha value is 0.390. The van der Waals surface area contributed by atoms with Crippen molar-refractivity contribution in [2.24, 2.45) is 0 Å². The smallest absolute Gasteiger partial charge is 0.0210 e. The Morgan fingerprint density at radius 1 is 1.25 bits per heavy atom. The fraction of sp³-hybridized carbons (Fsp3) is 1.00. The summed E-state index contributed by atoms with van der Waals surface area (Å²) >= 11 is 0. The highest BCUT2D eigenvalue weighted by Crippen LogP contribution is 2.28. The zero-order valence-corrected chi connectivity index (χ0v) is 10.2. The highest BCUT2D eigenvalue weighted by Gasteiger charge is 2.25. The van der Waals surface area contributed by atoms with Crippen molar-refractivity contribution in [1.82, 2.24) is 4.67 Å². The van der Waals surface area contributed by atoms with E-state index in [0.717, 1.165) is 6.54 Å². The van der Waals surface area contributed by atoms with Gasteiger partial charge in [-0.05, 0) is 26.3 Å². The molecule has 0 amide bonds. The molecule has 0 aliphatic heterocycles. The van der Waals surface area contributed by atoms with Gasteiger partial charge in [0, 0.05) is 5.54 Å². The second-order valence-corrected chi connectivity index (χ2v) is 4.36. The molecule has 0 radical (unpaired) electrons. The van der Waals surface area contributed by atoms with Gasteiger partial charge in [0.25, 0.3) is 0 Å². The van der Waals surface area contributed by atoms with Crippen LogP contribution < -0.4 is 0 Å². The van der Waals surface area contributed by atoms with Gasteiger partial charge in [0.15, 0.2) is 0 Å². The molecule has 0 aromatic heterocycles. The predicted molar refractivity (Wildman–Crippen MR) is 60.3 cm³/mol. The Morgan fingerprint density at radius 2 is 1.83 bits per heavy atom. The minimum atomic E-state index is 0.398. The lowest BCUT2D eigenvalue weighted by molar-refractivity contribution is 0.203. The summed E-state index contributed by atoms with van der Waals surface area (Å²) in [6.45, 7) is 10.2. The first-order valence-corrected chi connectivity index (χ1v) is 5.64. The SMILES string of the molecule is CCCCC(C)(CC)N(P)CC. The molecule has 0 fully saturated rings. The Balaban J connectivity index is 4.03. The first-order valence-electron chi connectivity index (χ1n) is 5.13. The molecule has 0 aliphatic carbocycles. The summed E-state index contributed by atoms with van der Waals surface area (Å²) in [4.78, 5) is 0. The zero-order valence-electron chi connectivity index (χ0n) is 9.06. The maximum absolute atomic E-state index is 2.85. The molecule has 0 heterocycles. The van der Waals surface area contributed by atoms with Crippen molar-refractivity contribution < 1.29 is 0 Å². The topological polar surface area (TPSA) is 3.24 Å². The maximum Gasteiger partial charge on any atom is 0.0210 e. The Kier molecular flexibility index (Phi) is 6.13. The summed E-state index contributed by atoms with van der Waals surface area (Å²) in [5, 5.41) is 0. The molecular formula is C10H24NP. The Bertz CT molecular complexity index is 116. The van der Waals surface area contributed by atoms with Crippen molar-refractivity contribution in [3.05, 3.63) is 0 Å². The van der Waals surface area contributed by atoms with Crippen LogP contribution in [-0.2, 0) is 0 Å². The lowest BCUT2D eigenvalue weighted by Gasteiger charge is -2.37. The van der Waals surface area contributed by atoms with Crippen molar-refractivity contribution in [3.63, 3.8) is 0 Å². The van der Waals surface area contributed by atoms with E-state index in [-0.39, 0.29) is 0 Å². The van der Waals surface area contributed by atoms with Crippen LogP contribution in [0.3, 0.4) is 0 Å². The quantitative estimate of drug-likeness (QED) is 0.578. The molecule has 1 nitrogen and oxygen atoms in total. The number of unbranched alkanes of at least 4 members (excludes halogenated alkanes) is 1. The van der Waals surface area contributed by atoms with Gasteiger partial charge in [-0.1, -0.05) is 43.0 Å². The predicted octanol–water partition coefficient (Wildman–Crippen LogP) is 3.46. The third-order valence-electron chi connectivity index (χ3n) is 2.86. The number of nitrogens with zero attached hydrogens (tertiary/aromatic N) is 1. The molecule has 0 aromatic rings. The number of rotatable bonds is 6. The fourth-order valence-corrected chi connectivity index (χ4v) is 1.77. The molecule has 2 unspecified atom stereocenters. The molecule has 74 valence electrons. The van der Waals surface area contributed by atoms with Crippen LogP contribution in [-0.4, -0.2) is 16.8 Å². The summed E-state index contributed by atoms with van der Waals surface area (Å²) in [6, 6.07) is 0. The summed E-state index contributed by atoms with van der Waals surface area (Å²) < 4.78 is 2.39. The van der Waals surface area contributed by atoms with Crippen molar-refractivity contribution in [2.75, 3.05) is 6.54 Å². The number of hydrogen-bond donors (Lipinski definition) is 0. The molecule has 0 bridgehead atoms. The lowest BCUT2D eigenvalue weighted by Crippen LogP contribution is -2.39. The summed E-state index contributed by atoms with van der Waals surface area (Å²) in [7, 11) is 2.85. The Labute approximate surface area is 80.2 Å². The van der Waals surface area contributed by atoms with Crippen LogP contribution >= 0.6 is 9.39 Å². The van der Waals surface area contributed by atoms with E-state index in [4.69, 9.17) is 0 Å². The van der Waals surface area contributed by atoms with Crippen molar-refractivity contribution in [1.29, 1.82) is 0 Å². The first-order chi connectivity index (χ1) is 5.60. The molecule has 0 rings (SSSR count). The van der Waals surface area contributed by atoms with Crippen molar-refractivity contribution >= 4 is 9.39 Å². The summed E-state index contributed by atoms with van der Waals surface area (Å²) in [5.74, 6) is 0. The molecule has 0 aromatic carbocycles. The van der Waals surface area contributed by atoms with Gasteiger partial charge in [-0.2, -0.15) is 0 Å². The lowest BCUT2D eigenvalue weighted by atomic mass is 9.92. The molecule has 0 saturated carbocycles. The highest BCUT2D eigenvalue weighted by molar-refractivity contribution is 7.13. The largest absolute Gasteiger partial charge is 0.282 e. The van der Waals surface area contributed by atoms with E-state index in [1.807, 2.05) is 0 Å². The molecule has 0 saturated heterocycles. The highest BCUT2D eigenvalue weighted by atomic mass is 31.0. The van der Waals surface area contributed by atoms with Gasteiger partial charge in [0.1, 0.15) is 0 Å². The van der Waals surface area contributed by atoms with Crippen molar-refractivity contribution in [2.45, 2.75) is 58.9 Å². The first kappa shape index (κ1) is 12.4. The second kappa shape index (κ2) is 5.94. The maximum atomic E-state index is 2.85. The standard InChI is InChI=1S/C10H24NP/c1-5-8-9-10(4,6-2)11(12)7-3/h5-9,12H2,1-4H3. The van der Waals surface area contributed by atoms with Gasteiger partial charge in [-0.25, -0.2) is 0 Å². The third kappa shape index (κ3) is 3.41. The Morgan fingerprint density at radius 3 is 2.17 bits per heavy atom. The minimum absolute atomic E-state index is 0.398. The van der Waals surface area contributed by atoms with Crippen LogP contribution in [0.5, 0.6) is 0 Å². The van der Waals surface area contributed by atoms with E-state index >= 15 is 0 Å². The molecular weight excluding hydrogens is 165 g/mol. The zero-order chi connectivity index (χ0) is 9.61. The molecule has 0 N–H and O–H groups in total. The van der Waals surface area contributed by atoms with Crippen LogP contribution in [0.15, 0.2) is 0 Å². The molecule has 0 aliphatic rings. The van der Waals surface area contributed by atoms with Crippen LogP contribution in [0.1, 0.15) is 53.4 Å². The third-order valence-corrected chi connectivity index (χ3v) is 3.85. The van der Waals surface area contributed by atoms with Gasteiger partial charge >= 0.3 is 0 Å².